The van der Waals surface area contributed by atoms with Gasteiger partial charge >= 0.3 is 0 Å². The summed E-state index contributed by atoms with van der Waals surface area (Å²) < 4.78 is 14.4. The molecule has 1 N–H and O–H groups in total. The molecule has 1 heterocycles. The van der Waals surface area contributed by atoms with E-state index in [-0.39, 0.29) is 23.0 Å². The summed E-state index contributed by atoms with van der Waals surface area (Å²) in [4.78, 5) is 11.8. The van der Waals surface area contributed by atoms with Crippen molar-refractivity contribution in [3.05, 3.63) is 30.1 Å². The van der Waals surface area contributed by atoms with Gasteiger partial charge in [-0.05, 0) is 55.5 Å². The molecular formula is C13H16FN5OS. The van der Waals surface area contributed by atoms with Crippen LogP contribution in [0.15, 0.2) is 29.4 Å². The molecule has 0 fully saturated rings. The van der Waals surface area contributed by atoms with Gasteiger partial charge in [0, 0.05) is 5.54 Å². The van der Waals surface area contributed by atoms with Gasteiger partial charge in [-0.3, -0.25) is 4.79 Å². The molecule has 1 aromatic heterocycles. The molecule has 0 saturated heterocycles. The zero-order valence-corrected chi connectivity index (χ0v) is 12.8. The number of carbonyl (C=O) groups excluding carboxylic acids is 1. The minimum absolute atomic E-state index is 0.0962. The first-order valence-electron chi connectivity index (χ1n) is 6.33. The van der Waals surface area contributed by atoms with Crippen molar-refractivity contribution in [2.75, 3.05) is 5.75 Å². The van der Waals surface area contributed by atoms with Gasteiger partial charge in [0.25, 0.3) is 0 Å². The molecule has 0 aliphatic rings. The standard InChI is InChI=1S/C13H16FN5OS/c1-13(2,3)15-11(20)8-21-12-16-17-18-19(12)10-6-4-9(14)5-7-10/h4-7H,8H2,1-3H3,(H,15,20). The van der Waals surface area contributed by atoms with Gasteiger partial charge in [0.15, 0.2) is 0 Å². The number of hydrogen-bond donors (Lipinski definition) is 1. The number of hydrogen-bond acceptors (Lipinski definition) is 5. The molecule has 112 valence electrons. The Morgan fingerprint density at radius 1 is 1.33 bits per heavy atom. The van der Waals surface area contributed by atoms with Crippen LogP contribution in [-0.2, 0) is 4.79 Å². The van der Waals surface area contributed by atoms with Gasteiger partial charge in [0.05, 0.1) is 11.4 Å². The Balaban J connectivity index is 2.04. The highest BCUT2D eigenvalue weighted by atomic mass is 32.2. The molecule has 21 heavy (non-hydrogen) atoms. The molecule has 0 aliphatic heterocycles. The fourth-order valence-electron chi connectivity index (χ4n) is 1.60. The highest BCUT2D eigenvalue weighted by molar-refractivity contribution is 7.99. The first kappa shape index (κ1) is 15.4. The summed E-state index contributed by atoms with van der Waals surface area (Å²) in [6, 6.07) is 5.81. The van der Waals surface area contributed by atoms with Gasteiger partial charge in [-0.2, -0.15) is 4.68 Å². The van der Waals surface area contributed by atoms with Gasteiger partial charge in [0.2, 0.25) is 11.1 Å². The molecule has 0 saturated carbocycles. The van der Waals surface area contributed by atoms with Crippen molar-refractivity contribution in [1.82, 2.24) is 25.5 Å². The molecular weight excluding hydrogens is 293 g/mol. The fourth-order valence-corrected chi connectivity index (χ4v) is 2.29. The van der Waals surface area contributed by atoms with Crippen molar-refractivity contribution >= 4 is 17.7 Å². The number of halogens is 1. The summed E-state index contributed by atoms with van der Waals surface area (Å²) in [7, 11) is 0. The first-order chi connectivity index (χ1) is 9.85. The fraction of sp³-hybridized carbons (Fsp3) is 0.385. The van der Waals surface area contributed by atoms with Gasteiger partial charge in [-0.1, -0.05) is 11.8 Å². The molecule has 2 rings (SSSR count). The van der Waals surface area contributed by atoms with Crippen molar-refractivity contribution in [3.63, 3.8) is 0 Å². The van der Waals surface area contributed by atoms with Crippen molar-refractivity contribution in [1.29, 1.82) is 0 Å². The van der Waals surface area contributed by atoms with E-state index >= 15 is 0 Å². The second-order valence-electron chi connectivity index (χ2n) is 5.44. The van der Waals surface area contributed by atoms with Gasteiger partial charge in [-0.25, -0.2) is 4.39 Å². The number of nitrogens with zero attached hydrogens (tertiary/aromatic N) is 4. The van der Waals surface area contributed by atoms with Crippen LogP contribution in [-0.4, -0.2) is 37.4 Å². The van der Waals surface area contributed by atoms with Crippen molar-refractivity contribution in [2.45, 2.75) is 31.5 Å². The maximum atomic E-state index is 12.9. The molecule has 8 heteroatoms. The van der Waals surface area contributed by atoms with Crippen molar-refractivity contribution in [3.8, 4) is 5.69 Å². The van der Waals surface area contributed by atoms with E-state index < -0.39 is 0 Å². The van der Waals surface area contributed by atoms with Crippen LogP contribution < -0.4 is 5.32 Å². The van der Waals surface area contributed by atoms with Crippen LogP contribution in [0.5, 0.6) is 0 Å². The maximum Gasteiger partial charge on any atom is 0.230 e. The molecule has 0 unspecified atom stereocenters. The van der Waals surface area contributed by atoms with E-state index in [0.717, 1.165) is 0 Å². The SMILES string of the molecule is CC(C)(C)NC(=O)CSc1nnnn1-c1ccc(F)cc1. The molecule has 0 radical (unpaired) electrons. The zero-order valence-electron chi connectivity index (χ0n) is 12.0. The summed E-state index contributed by atoms with van der Waals surface area (Å²) >= 11 is 1.22. The second-order valence-corrected chi connectivity index (χ2v) is 6.38. The summed E-state index contributed by atoms with van der Waals surface area (Å²) in [5, 5.41) is 14.7. The van der Waals surface area contributed by atoms with Gasteiger partial charge < -0.3 is 5.32 Å². The predicted molar refractivity (Wildman–Crippen MR) is 77.7 cm³/mol. The van der Waals surface area contributed by atoms with E-state index in [1.165, 1.54) is 28.6 Å². The van der Waals surface area contributed by atoms with Crippen LogP contribution in [0.4, 0.5) is 4.39 Å². The number of thioether (sulfide) groups is 1. The third-order valence-corrected chi connectivity index (χ3v) is 3.28. The van der Waals surface area contributed by atoms with Crippen LogP contribution in [0.1, 0.15) is 20.8 Å². The van der Waals surface area contributed by atoms with E-state index in [2.05, 4.69) is 20.8 Å². The number of tetrazole rings is 1. The largest absolute Gasteiger partial charge is 0.351 e. The predicted octanol–water partition coefficient (Wildman–Crippen LogP) is 1.81. The van der Waals surface area contributed by atoms with Crippen LogP contribution >= 0.6 is 11.8 Å². The minimum atomic E-state index is -0.328. The molecule has 0 bridgehead atoms. The molecule has 1 amide bonds. The number of amides is 1. The average Bonchev–Trinajstić information content (AvgIpc) is 2.83. The molecule has 0 spiro atoms. The number of benzene rings is 1. The molecule has 2 aromatic rings. The number of rotatable bonds is 4. The monoisotopic (exact) mass is 309 g/mol. The number of carbonyl (C=O) groups is 1. The Labute approximate surface area is 126 Å². The number of nitrogens with one attached hydrogen (secondary N) is 1. The van der Waals surface area contributed by atoms with E-state index in [1.54, 1.807) is 12.1 Å². The smallest absolute Gasteiger partial charge is 0.230 e. The molecule has 0 aliphatic carbocycles. The molecule has 6 nitrogen and oxygen atoms in total. The lowest BCUT2D eigenvalue weighted by atomic mass is 10.1. The van der Waals surface area contributed by atoms with E-state index in [4.69, 9.17) is 0 Å². The normalized spacial score (nSPS) is 11.4. The Kier molecular flexibility index (Phi) is 4.56. The quantitative estimate of drug-likeness (QED) is 0.872. The lowest BCUT2D eigenvalue weighted by Crippen LogP contribution is -2.41. The second kappa shape index (κ2) is 6.21. The van der Waals surface area contributed by atoms with E-state index in [9.17, 15) is 9.18 Å². The average molecular weight is 309 g/mol. The van der Waals surface area contributed by atoms with E-state index in [0.29, 0.717) is 10.8 Å². The van der Waals surface area contributed by atoms with Crippen molar-refractivity contribution in [2.24, 2.45) is 0 Å². The Morgan fingerprint density at radius 3 is 2.62 bits per heavy atom. The first-order valence-corrected chi connectivity index (χ1v) is 7.32. The third-order valence-electron chi connectivity index (χ3n) is 2.36. The van der Waals surface area contributed by atoms with Gasteiger partial charge in [0.1, 0.15) is 5.82 Å². The van der Waals surface area contributed by atoms with Crippen LogP contribution in [0.2, 0.25) is 0 Å². The summed E-state index contributed by atoms with van der Waals surface area (Å²) in [6.45, 7) is 5.74. The van der Waals surface area contributed by atoms with Crippen LogP contribution in [0, 0.1) is 5.82 Å². The summed E-state index contributed by atoms with van der Waals surface area (Å²) in [5.74, 6) is -0.217. The Hall–Kier alpha value is -1.96. The summed E-state index contributed by atoms with van der Waals surface area (Å²) in [5.41, 5.74) is 0.362. The number of aromatic nitrogens is 4. The zero-order chi connectivity index (χ0) is 15.5. The lowest BCUT2D eigenvalue weighted by Gasteiger charge is -2.20. The molecule has 0 atom stereocenters. The highest BCUT2D eigenvalue weighted by Gasteiger charge is 2.16. The lowest BCUT2D eigenvalue weighted by molar-refractivity contribution is -0.119. The van der Waals surface area contributed by atoms with Crippen LogP contribution in [0.3, 0.4) is 0 Å². The minimum Gasteiger partial charge on any atom is -0.351 e. The maximum absolute atomic E-state index is 12.9. The topological polar surface area (TPSA) is 72.7 Å². The molecule has 1 aromatic carbocycles. The Morgan fingerprint density at radius 2 is 2.00 bits per heavy atom. The summed E-state index contributed by atoms with van der Waals surface area (Å²) in [6.07, 6.45) is 0. The van der Waals surface area contributed by atoms with Gasteiger partial charge in [-0.15, -0.1) is 5.10 Å². The van der Waals surface area contributed by atoms with Crippen molar-refractivity contribution < 1.29 is 9.18 Å². The third kappa shape index (κ3) is 4.52. The Bertz CT molecular complexity index is 620. The van der Waals surface area contributed by atoms with E-state index in [1.807, 2.05) is 20.8 Å². The highest BCUT2D eigenvalue weighted by Crippen LogP contribution is 2.18. The van der Waals surface area contributed by atoms with Crippen LogP contribution in [0.25, 0.3) is 5.69 Å².